The lowest BCUT2D eigenvalue weighted by atomic mass is 9.99. The van der Waals surface area contributed by atoms with E-state index in [2.05, 4.69) is 6.58 Å². The molecule has 1 fully saturated rings. The zero-order valence-electron chi connectivity index (χ0n) is 8.19. The predicted octanol–water partition coefficient (Wildman–Crippen LogP) is -2.01. The summed E-state index contributed by atoms with van der Waals surface area (Å²) in [4.78, 5) is 0. The fourth-order valence-electron chi connectivity index (χ4n) is 1.37. The molecular formula is C9H16O6. The lowest BCUT2D eigenvalue weighted by molar-refractivity contribution is -0.298. The molecule has 0 saturated carbocycles. The highest BCUT2D eigenvalue weighted by molar-refractivity contribution is 4.89. The predicted molar refractivity (Wildman–Crippen MR) is 49.9 cm³/mol. The minimum absolute atomic E-state index is 0.142. The zero-order chi connectivity index (χ0) is 11.4. The molecule has 0 aromatic carbocycles. The lowest BCUT2D eigenvalue weighted by Crippen LogP contribution is -2.59. The van der Waals surface area contributed by atoms with E-state index in [1.807, 2.05) is 0 Å². The Morgan fingerprint density at radius 1 is 1.20 bits per heavy atom. The Hall–Kier alpha value is -0.500. The molecular weight excluding hydrogens is 204 g/mol. The minimum Gasteiger partial charge on any atom is -0.394 e. The SMILES string of the molecule is C=CCOC1OC(CO)[C@H](O)C(O)C1O. The van der Waals surface area contributed by atoms with Gasteiger partial charge in [0, 0.05) is 0 Å². The van der Waals surface area contributed by atoms with Crippen molar-refractivity contribution in [3.05, 3.63) is 12.7 Å². The number of aliphatic hydroxyl groups is 4. The molecule has 4 N–H and O–H groups in total. The number of ether oxygens (including phenoxy) is 2. The first-order chi connectivity index (χ1) is 7.11. The number of aliphatic hydroxyl groups excluding tert-OH is 4. The maximum absolute atomic E-state index is 9.47. The second-order valence-electron chi connectivity index (χ2n) is 3.32. The summed E-state index contributed by atoms with van der Waals surface area (Å²) in [5, 5.41) is 37.1. The fourth-order valence-corrected chi connectivity index (χ4v) is 1.37. The molecule has 0 radical (unpaired) electrons. The van der Waals surface area contributed by atoms with Crippen molar-refractivity contribution in [1.82, 2.24) is 0 Å². The van der Waals surface area contributed by atoms with Crippen LogP contribution in [0, 0.1) is 0 Å². The zero-order valence-corrected chi connectivity index (χ0v) is 8.19. The van der Waals surface area contributed by atoms with Gasteiger partial charge in [-0.05, 0) is 0 Å². The van der Waals surface area contributed by atoms with Gasteiger partial charge in [0.2, 0.25) is 0 Å². The van der Waals surface area contributed by atoms with Crippen molar-refractivity contribution in [2.75, 3.05) is 13.2 Å². The van der Waals surface area contributed by atoms with E-state index in [0.717, 1.165) is 0 Å². The summed E-state index contributed by atoms with van der Waals surface area (Å²) in [6, 6.07) is 0. The number of rotatable bonds is 4. The van der Waals surface area contributed by atoms with Crippen molar-refractivity contribution in [3.63, 3.8) is 0 Å². The average Bonchev–Trinajstić information content (AvgIpc) is 2.25. The smallest absolute Gasteiger partial charge is 0.187 e. The van der Waals surface area contributed by atoms with Crippen molar-refractivity contribution < 1.29 is 29.9 Å². The first-order valence-electron chi connectivity index (χ1n) is 4.64. The molecule has 15 heavy (non-hydrogen) atoms. The van der Waals surface area contributed by atoms with Crippen LogP contribution in [0.2, 0.25) is 0 Å². The summed E-state index contributed by atoms with van der Waals surface area (Å²) in [6.07, 6.45) is -4.64. The van der Waals surface area contributed by atoms with Gasteiger partial charge in [0.25, 0.3) is 0 Å². The van der Waals surface area contributed by atoms with E-state index < -0.39 is 37.3 Å². The summed E-state index contributed by atoms with van der Waals surface area (Å²) in [5.74, 6) is 0. The van der Waals surface area contributed by atoms with E-state index >= 15 is 0 Å². The maximum atomic E-state index is 9.47. The molecule has 0 spiro atoms. The van der Waals surface area contributed by atoms with E-state index in [-0.39, 0.29) is 6.61 Å². The molecule has 0 bridgehead atoms. The van der Waals surface area contributed by atoms with Gasteiger partial charge >= 0.3 is 0 Å². The molecule has 1 aliphatic heterocycles. The molecule has 1 aliphatic rings. The number of hydrogen-bond acceptors (Lipinski definition) is 6. The van der Waals surface area contributed by atoms with Gasteiger partial charge < -0.3 is 29.9 Å². The Bertz CT molecular complexity index is 207. The average molecular weight is 220 g/mol. The second kappa shape index (κ2) is 5.55. The van der Waals surface area contributed by atoms with Crippen molar-refractivity contribution >= 4 is 0 Å². The molecule has 0 aromatic rings. The quantitative estimate of drug-likeness (QED) is 0.408. The Kier molecular flexibility index (Phi) is 4.65. The van der Waals surface area contributed by atoms with Crippen LogP contribution in [0.1, 0.15) is 0 Å². The van der Waals surface area contributed by atoms with Gasteiger partial charge in [-0.3, -0.25) is 0 Å². The van der Waals surface area contributed by atoms with E-state index in [0.29, 0.717) is 0 Å². The first kappa shape index (κ1) is 12.6. The Morgan fingerprint density at radius 3 is 2.40 bits per heavy atom. The van der Waals surface area contributed by atoms with Gasteiger partial charge in [-0.25, -0.2) is 0 Å². The Labute approximate surface area is 87.4 Å². The molecule has 88 valence electrons. The monoisotopic (exact) mass is 220 g/mol. The van der Waals surface area contributed by atoms with Crippen LogP contribution >= 0.6 is 0 Å². The van der Waals surface area contributed by atoms with Crippen molar-refractivity contribution in [2.24, 2.45) is 0 Å². The van der Waals surface area contributed by atoms with Gasteiger partial charge in [-0.15, -0.1) is 6.58 Å². The number of hydrogen-bond donors (Lipinski definition) is 4. The van der Waals surface area contributed by atoms with Gasteiger partial charge in [0.05, 0.1) is 13.2 Å². The minimum atomic E-state index is -1.40. The summed E-state index contributed by atoms with van der Waals surface area (Å²) >= 11 is 0. The van der Waals surface area contributed by atoms with Crippen LogP contribution in [-0.2, 0) is 9.47 Å². The summed E-state index contributed by atoms with van der Waals surface area (Å²) in [7, 11) is 0. The second-order valence-corrected chi connectivity index (χ2v) is 3.32. The van der Waals surface area contributed by atoms with E-state index in [9.17, 15) is 15.3 Å². The molecule has 1 saturated heterocycles. The van der Waals surface area contributed by atoms with Gasteiger partial charge in [0.15, 0.2) is 6.29 Å². The topological polar surface area (TPSA) is 99.4 Å². The van der Waals surface area contributed by atoms with Crippen LogP contribution in [0.3, 0.4) is 0 Å². The van der Waals surface area contributed by atoms with Crippen LogP contribution in [0.15, 0.2) is 12.7 Å². The molecule has 0 aliphatic carbocycles. The molecule has 0 amide bonds. The van der Waals surface area contributed by atoms with Crippen LogP contribution in [0.25, 0.3) is 0 Å². The molecule has 0 aromatic heterocycles. The van der Waals surface area contributed by atoms with E-state index in [1.165, 1.54) is 6.08 Å². The molecule has 5 atom stereocenters. The van der Waals surface area contributed by atoms with E-state index in [1.54, 1.807) is 0 Å². The third-order valence-electron chi connectivity index (χ3n) is 2.23. The fraction of sp³-hybridized carbons (Fsp3) is 0.778. The molecule has 6 heteroatoms. The van der Waals surface area contributed by atoms with Gasteiger partial charge in [0.1, 0.15) is 24.4 Å². The molecule has 4 unspecified atom stereocenters. The first-order valence-corrected chi connectivity index (χ1v) is 4.64. The normalized spacial score (nSPS) is 41.5. The van der Waals surface area contributed by atoms with Crippen molar-refractivity contribution in [3.8, 4) is 0 Å². The summed E-state index contributed by atoms with van der Waals surface area (Å²) in [5.41, 5.74) is 0. The van der Waals surface area contributed by atoms with Crippen LogP contribution in [0.5, 0.6) is 0 Å². The largest absolute Gasteiger partial charge is 0.394 e. The van der Waals surface area contributed by atoms with Crippen LogP contribution < -0.4 is 0 Å². The highest BCUT2D eigenvalue weighted by atomic mass is 16.7. The van der Waals surface area contributed by atoms with Crippen LogP contribution in [0.4, 0.5) is 0 Å². The highest BCUT2D eigenvalue weighted by Crippen LogP contribution is 2.21. The molecule has 6 nitrogen and oxygen atoms in total. The maximum Gasteiger partial charge on any atom is 0.187 e. The van der Waals surface area contributed by atoms with Crippen molar-refractivity contribution in [1.29, 1.82) is 0 Å². The van der Waals surface area contributed by atoms with Gasteiger partial charge in [-0.2, -0.15) is 0 Å². The Balaban J connectivity index is 2.60. The summed E-state index contributed by atoms with van der Waals surface area (Å²) in [6.45, 7) is 3.10. The van der Waals surface area contributed by atoms with E-state index in [4.69, 9.17) is 14.6 Å². The van der Waals surface area contributed by atoms with Crippen molar-refractivity contribution in [2.45, 2.75) is 30.7 Å². The van der Waals surface area contributed by atoms with Crippen LogP contribution in [-0.4, -0.2) is 64.3 Å². The molecule has 1 heterocycles. The third kappa shape index (κ3) is 2.75. The third-order valence-corrected chi connectivity index (χ3v) is 2.23. The highest BCUT2D eigenvalue weighted by Gasteiger charge is 2.43. The molecule has 1 rings (SSSR count). The Morgan fingerprint density at radius 2 is 1.87 bits per heavy atom. The lowest BCUT2D eigenvalue weighted by Gasteiger charge is -2.39. The van der Waals surface area contributed by atoms with Gasteiger partial charge in [-0.1, -0.05) is 6.08 Å². The standard InChI is InChI=1S/C9H16O6/c1-2-3-14-9-8(13)7(12)6(11)5(4-10)15-9/h2,5-13H,1,3-4H2/t5?,6-,7?,8?,9?/m0/s1. The summed E-state index contributed by atoms with van der Waals surface area (Å²) < 4.78 is 10.1.